The maximum atomic E-state index is 12.4. The lowest BCUT2D eigenvalue weighted by Gasteiger charge is -2.27. The summed E-state index contributed by atoms with van der Waals surface area (Å²) in [5.74, 6) is 1.17. The molecule has 0 unspecified atom stereocenters. The lowest BCUT2D eigenvalue weighted by molar-refractivity contribution is 0.0924. The van der Waals surface area contributed by atoms with Crippen LogP contribution < -0.4 is 15.4 Å². The van der Waals surface area contributed by atoms with Gasteiger partial charge in [-0.2, -0.15) is 0 Å². The Hall–Kier alpha value is -2.27. The number of fused-ring (bicyclic) bond motifs is 1. The number of nitrogens with zero attached hydrogens (tertiary/aromatic N) is 1. The zero-order chi connectivity index (χ0) is 15.5. The number of amides is 1. The minimum absolute atomic E-state index is 0.110. The Balaban J connectivity index is 1.82. The predicted octanol–water partition coefficient (Wildman–Crippen LogP) is 3.03. The first-order chi connectivity index (χ1) is 10.7. The molecule has 0 aliphatic carbocycles. The Bertz CT molecular complexity index is 706. The highest BCUT2D eigenvalue weighted by Gasteiger charge is 2.25. The Kier molecular flexibility index (Phi) is 4.15. The minimum atomic E-state index is -0.142. The Labute approximate surface area is 133 Å². The van der Waals surface area contributed by atoms with Gasteiger partial charge in [0.15, 0.2) is 0 Å². The third-order valence-corrected chi connectivity index (χ3v) is 3.91. The van der Waals surface area contributed by atoms with Crippen LogP contribution in [0.3, 0.4) is 0 Å². The van der Waals surface area contributed by atoms with E-state index < -0.39 is 0 Å². The first-order valence-corrected chi connectivity index (χ1v) is 7.42. The van der Waals surface area contributed by atoms with Crippen molar-refractivity contribution in [3.05, 3.63) is 52.7 Å². The molecule has 0 saturated carbocycles. The third kappa shape index (κ3) is 2.85. The average Bonchev–Trinajstić information content (AvgIpc) is 2.56. The number of para-hydroxylation sites is 1. The first kappa shape index (κ1) is 14.7. The van der Waals surface area contributed by atoms with Crippen molar-refractivity contribution in [3.8, 4) is 5.75 Å². The number of hydrogen-bond donors (Lipinski definition) is 2. The summed E-state index contributed by atoms with van der Waals surface area (Å²) >= 11 is 6.15. The van der Waals surface area contributed by atoms with E-state index in [1.807, 2.05) is 12.1 Å². The maximum absolute atomic E-state index is 12.4. The van der Waals surface area contributed by atoms with Crippen LogP contribution in [0.15, 0.2) is 36.5 Å². The molecule has 1 aliphatic heterocycles. The number of hydrogen-bond acceptors (Lipinski definition) is 4. The van der Waals surface area contributed by atoms with Gasteiger partial charge in [0.2, 0.25) is 0 Å². The Morgan fingerprint density at radius 2 is 2.27 bits per heavy atom. The van der Waals surface area contributed by atoms with Crippen molar-refractivity contribution in [1.82, 2.24) is 10.3 Å². The number of rotatable bonds is 3. The largest absolute Gasteiger partial charge is 0.492 e. The summed E-state index contributed by atoms with van der Waals surface area (Å²) in [5, 5.41) is 6.52. The molecule has 0 spiro atoms. The SMILES string of the molecule is CNc1cc(C(=O)N[C@H]2CCOc3c(Cl)cccc32)ccn1. The van der Waals surface area contributed by atoms with Crippen LogP contribution in [0.2, 0.25) is 5.02 Å². The highest BCUT2D eigenvalue weighted by Crippen LogP contribution is 2.37. The molecule has 6 heteroatoms. The summed E-state index contributed by atoms with van der Waals surface area (Å²) in [7, 11) is 1.76. The smallest absolute Gasteiger partial charge is 0.251 e. The van der Waals surface area contributed by atoms with Gasteiger partial charge in [0.05, 0.1) is 17.7 Å². The van der Waals surface area contributed by atoms with Crippen LogP contribution in [0.25, 0.3) is 0 Å². The molecule has 5 nitrogen and oxygen atoms in total. The van der Waals surface area contributed by atoms with E-state index in [1.165, 1.54) is 0 Å². The second kappa shape index (κ2) is 6.23. The fourth-order valence-corrected chi connectivity index (χ4v) is 2.72. The van der Waals surface area contributed by atoms with E-state index in [-0.39, 0.29) is 11.9 Å². The van der Waals surface area contributed by atoms with E-state index >= 15 is 0 Å². The zero-order valence-corrected chi connectivity index (χ0v) is 12.9. The van der Waals surface area contributed by atoms with Crippen LogP contribution in [-0.2, 0) is 0 Å². The Morgan fingerprint density at radius 3 is 3.09 bits per heavy atom. The topological polar surface area (TPSA) is 63.2 Å². The van der Waals surface area contributed by atoms with Crippen LogP contribution in [0.4, 0.5) is 5.82 Å². The van der Waals surface area contributed by atoms with Crippen LogP contribution in [0, 0.1) is 0 Å². The first-order valence-electron chi connectivity index (χ1n) is 7.05. The number of ether oxygens (including phenoxy) is 1. The molecule has 0 fully saturated rings. The van der Waals surface area contributed by atoms with Gasteiger partial charge in [-0.3, -0.25) is 4.79 Å². The molecule has 1 aromatic carbocycles. The molecule has 3 rings (SSSR count). The van der Waals surface area contributed by atoms with Crippen molar-refractivity contribution in [2.24, 2.45) is 0 Å². The third-order valence-electron chi connectivity index (χ3n) is 3.61. The minimum Gasteiger partial charge on any atom is -0.492 e. The molecule has 1 aromatic heterocycles. The summed E-state index contributed by atoms with van der Waals surface area (Å²) in [5.41, 5.74) is 1.48. The van der Waals surface area contributed by atoms with E-state index in [0.29, 0.717) is 35.2 Å². The molecule has 1 aliphatic rings. The molecular weight excluding hydrogens is 302 g/mol. The van der Waals surface area contributed by atoms with E-state index in [2.05, 4.69) is 15.6 Å². The van der Waals surface area contributed by atoms with Crippen LogP contribution >= 0.6 is 11.6 Å². The van der Waals surface area contributed by atoms with Gasteiger partial charge < -0.3 is 15.4 Å². The molecule has 1 atom stereocenters. The van der Waals surface area contributed by atoms with E-state index in [4.69, 9.17) is 16.3 Å². The number of nitrogens with one attached hydrogen (secondary N) is 2. The summed E-state index contributed by atoms with van der Waals surface area (Å²) < 4.78 is 5.61. The van der Waals surface area contributed by atoms with Crippen molar-refractivity contribution < 1.29 is 9.53 Å². The fraction of sp³-hybridized carbons (Fsp3) is 0.250. The maximum Gasteiger partial charge on any atom is 0.251 e. The van der Waals surface area contributed by atoms with Gasteiger partial charge in [-0.05, 0) is 18.2 Å². The number of halogens is 1. The van der Waals surface area contributed by atoms with Gasteiger partial charge >= 0.3 is 0 Å². The second-order valence-corrected chi connectivity index (χ2v) is 5.41. The number of aromatic nitrogens is 1. The molecular formula is C16H16ClN3O2. The molecule has 2 N–H and O–H groups in total. The molecule has 0 bridgehead atoms. The van der Waals surface area contributed by atoms with Crippen molar-refractivity contribution in [1.29, 1.82) is 0 Å². The quantitative estimate of drug-likeness (QED) is 0.913. The predicted molar refractivity (Wildman–Crippen MR) is 85.6 cm³/mol. The standard InChI is InChI=1S/C16H16ClN3O2/c1-18-14-9-10(5-7-19-14)16(21)20-13-6-8-22-15-11(13)3-2-4-12(15)17/h2-5,7,9,13H,6,8H2,1H3,(H,18,19)(H,20,21)/t13-/m0/s1. The van der Waals surface area contributed by atoms with Gasteiger partial charge in [-0.15, -0.1) is 0 Å². The van der Waals surface area contributed by atoms with Gasteiger partial charge in [0, 0.05) is 30.8 Å². The van der Waals surface area contributed by atoms with E-state index in [9.17, 15) is 4.79 Å². The van der Waals surface area contributed by atoms with Gasteiger partial charge in [-0.1, -0.05) is 23.7 Å². The monoisotopic (exact) mass is 317 g/mol. The number of anilines is 1. The summed E-state index contributed by atoms with van der Waals surface area (Å²) in [6, 6.07) is 8.87. The van der Waals surface area contributed by atoms with Crippen molar-refractivity contribution in [2.75, 3.05) is 19.0 Å². The van der Waals surface area contributed by atoms with Crippen LogP contribution in [-0.4, -0.2) is 24.5 Å². The summed E-state index contributed by atoms with van der Waals surface area (Å²) in [4.78, 5) is 16.5. The molecule has 0 radical (unpaired) electrons. The number of carbonyl (C=O) groups excluding carboxylic acids is 1. The fourth-order valence-electron chi connectivity index (χ4n) is 2.49. The molecule has 22 heavy (non-hydrogen) atoms. The van der Waals surface area contributed by atoms with Crippen molar-refractivity contribution >= 4 is 23.3 Å². The highest BCUT2D eigenvalue weighted by molar-refractivity contribution is 6.32. The lowest BCUT2D eigenvalue weighted by atomic mass is 10.00. The number of benzene rings is 1. The highest BCUT2D eigenvalue weighted by atomic mass is 35.5. The van der Waals surface area contributed by atoms with E-state index in [1.54, 1.807) is 31.4 Å². The number of carbonyl (C=O) groups is 1. The molecule has 1 amide bonds. The van der Waals surface area contributed by atoms with Crippen LogP contribution in [0.5, 0.6) is 5.75 Å². The Morgan fingerprint density at radius 1 is 1.41 bits per heavy atom. The average molecular weight is 318 g/mol. The van der Waals surface area contributed by atoms with Gasteiger partial charge in [0.1, 0.15) is 11.6 Å². The van der Waals surface area contributed by atoms with Gasteiger partial charge in [-0.25, -0.2) is 4.98 Å². The number of pyridine rings is 1. The zero-order valence-electron chi connectivity index (χ0n) is 12.1. The van der Waals surface area contributed by atoms with Crippen molar-refractivity contribution in [2.45, 2.75) is 12.5 Å². The summed E-state index contributed by atoms with van der Waals surface area (Å²) in [6.45, 7) is 0.528. The molecule has 0 saturated heterocycles. The normalized spacial score (nSPS) is 16.4. The molecule has 114 valence electrons. The summed E-state index contributed by atoms with van der Waals surface area (Å²) in [6.07, 6.45) is 2.32. The second-order valence-electron chi connectivity index (χ2n) is 5.00. The molecule has 2 heterocycles. The van der Waals surface area contributed by atoms with E-state index in [0.717, 1.165) is 5.56 Å². The molecule has 2 aromatic rings. The van der Waals surface area contributed by atoms with Crippen LogP contribution in [0.1, 0.15) is 28.4 Å². The lowest BCUT2D eigenvalue weighted by Crippen LogP contribution is -2.32. The van der Waals surface area contributed by atoms with Crippen molar-refractivity contribution in [3.63, 3.8) is 0 Å². The van der Waals surface area contributed by atoms with Gasteiger partial charge in [0.25, 0.3) is 5.91 Å².